The lowest BCUT2D eigenvalue weighted by Gasteiger charge is -2.38. The summed E-state index contributed by atoms with van der Waals surface area (Å²) in [5, 5.41) is 9.92. The van der Waals surface area contributed by atoms with Gasteiger partial charge in [-0.25, -0.2) is 4.98 Å². The maximum Gasteiger partial charge on any atom is 0.237 e. The van der Waals surface area contributed by atoms with Gasteiger partial charge in [-0.3, -0.25) is 4.90 Å². The SMILES string of the molecule is N#Cc1nc(OC2CCC(N3CCOCC3)CC2)c2cc[nH]c2n1. The van der Waals surface area contributed by atoms with Crippen LogP contribution in [0.3, 0.4) is 0 Å². The summed E-state index contributed by atoms with van der Waals surface area (Å²) in [5.41, 5.74) is 0.651. The fourth-order valence-corrected chi connectivity index (χ4v) is 3.68. The number of hydrogen-bond donors (Lipinski definition) is 1. The molecular formula is C17H21N5O2. The van der Waals surface area contributed by atoms with Crippen molar-refractivity contribution in [3.05, 3.63) is 18.1 Å². The standard InChI is InChI=1S/C17H21N5O2/c18-11-15-20-16-14(5-6-19-16)17(21-15)24-13-3-1-12(2-4-13)22-7-9-23-10-8-22/h5-6,12-13H,1-4,7-10H2,(H,19,20,21). The molecule has 0 aromatic carbocycles. The Morgan fingerprint density at radius 1 is 1.21 bits per heavy atom. The van der Waals surface area contributed by atoms with E-state index < -0.39 is 0 Å². The highest BCUT2D eigenvalue weighted by Gasteiger charge is 2.28. The first kappa shape index (κ1) is 15.4. The number of nitrogens with one attached hydrogen (secondary N) is 1. The van der Waals surface area contributed by atoms with Gasteiger partial charge in [0.2, 0.25) is 11.7 Å². The Bertz CT molecular complexity index is 739. The van der Waals surface area contributed by atoms with Gasteiger partial charge in [0.15, 0.2) is 0 Å². The van der Waals surface area contributed by atoms with Crippen LogP contribution in [0.5, 0.6) is 5.88 Å². The second kappa shape index (κ2) is 6.75. The molecule has 2 aromatic heterocycles. The molecular weight excluding hydrogens is 306 g/mol. The van der Waals surface area contributed by atoms with Crippen LogP contribution in [0.4, 0.5) is 0 Å². The van der Waals surface area contributed by atoms with Crippen LogP contribution in [0.15, 0.2) is 12.3 Å². The maximum absolute atomic E-state index is 9.08. The molecule has 4 rings (SSSR count). The highest BCUT2D eigenvalue weighted by atomic mass is 16.5. The van der Waals surface area contributed by atoms with Gasteiger partial charge in [0.05, 0.1) is 18.6 Å². The summed E-state index contributed by atoms with van der Waals surface area (Å²) in [4.78, 5) is 14.0. The van der Waals surface area contributed by atoms with Crippen molar-refractivity contribution in [3.8, 4) is 11.9 Å². The number of rotatable bonds is 3. The molecule has 24 heavy (non-hydrogen) atoms. The van der Waals surface area contributed by atoms with Gasteiger partial charge in [-0.05, 0) is 31.7 Å². The van der Waals surface area contributed by atoms with E-state index in [4.69, 9.17) is 14.7 Å². The minimum Gasteiger partial charge on any atom is -0.474 e. The number of fused-ring (bicyclic) bond motifs is 1. The van der Waals surface area contributed by atoms with Gasteiger partial charge in [-0.1, -0.05) is 0 Å². The van der Waals surface area contributed by atoms with E-state index in [-0.39, 0.29) is 11.9 Å². The number of aromatic amines is 1. The van der Waals surface area contributed by atoms with E-state index >= 15 is 0 Å². The number of morpholine rings is 1. The Labute approximate surface area is 140 Å². The van der Waals surface area contributed by atoms with Crippen molar-refractivity contribution >= 4 is 11.0 Å². The zero-order valence-electron chi connectivity index (χ0n) is 13.6. The van der Waals surface area contributed by atoms with Gasteiger partial charge in [0.25, 0.3) is 0 Å². The number of nitriles is 1. The summed E-state index contributed by atoms with van der Waals surface area (Å²) in [6.45, 7) is 3.77. The predicted molar refractivity (Wildman–Crippen MR) is 87.7 cm³/mol. The molecule has 0 spiro atoms. The number of nitrogens with zero attached hydrogens (tertiary/aromatic N) is 4. The van der Waals surface area contributed by atoms with E-state index in [0.29, 0.717) is 17.6 Å². The Balaban J connectivity index is 1.42. The van der Waals surface area contributed by atoms with Crippen LogP contribution < -0.4 is 4.74 Å². The molecule has 3 heterocycles. The van der Waals surface area contributed by atoms with Gasteiger partial charge in [0.1, 0.15) is 17.8 Å². The van der Waals surface area contributed by atoms with Crippen LogP contribution in [0.25, 0.3) is 11.0 Å². The minimum atomic E-state index is 0.141. The van der Waals surface area contributed by atoms with Gasteiger partial charge in [-0.2, -0.15) is 10.2 Å². The molecule has 2 fully saturated rings. The van der Waals surface area contributed by atoms with Gasteiger partial charge in [0, 0.05) is 25.3 Å². The van der Waals surface area contributed by atoms with E-state index in [9.17, 15) is 0 Å². The highest BCUT2D eigenvalue weighted by Crippen LogP contribution is 2.29. The van der Waals surface area contributed by atoms with Crippen molar-refractivity contribution in [2.75, 3.05) is 26.3 Å². The van der Waals surface area contributed by atoms with Crippen LogP contribution >= 0.6 is 0 Å². The average molecular weight is 327 g/mol. The summed E-state index contributed by atoms with van der Waals surface area (Å²) in [6.07, 6.45) is 6.25. The molecule has 1 saturated heterocycles. The molecule has 2 aromatic rings. The monoisotopic (exact) mass is 327 g/mol. The molecule has 7 nitrogen and oxygen atoms in total. The van der Waals surface area contributed by atoms with Crippen molar-refractivity contribution in [1.29, 1.82) is 5.26 Å². The fraction of sp³-hybridized carbons (Fsp3) is 0.588. The van der Waals surface area contributed by atoms with E-state index in [2.05, 4.69) is 19.9 Å². The lowest BCUT2D eigenvalue weighted by molar-refractivity contribution is -0.00126. The first-order chi connectivity index (χ1) is 11.8. The summed E-state index contributed by atoms with van der Waals surface area (Å²) in [7, 11) is 0. The van der Waals surface area contributed by atoms with Crippen LogP contribution in [0.2, 0.25) is 0 Å². The Morgan fingerprint density at radius 2 is 2.00 bits per heavy atom. The van der Waals surface area contributed by atoms with Crippen molar-refractivity contribution in [2.24, 2.45) is 0 Å². The highest BCUT2D eigenvalue weighted by molar-refractivity contribution is 5.81. The van der Waals surface area contributed by atoms with Crippen molar-refractivity contribution in [2.45, 2.75) is 37.8 Å². The maximum atomic E-state index is 9.08. The Hall–Kier alpha value is -2.17. The molecule has 0 amide bonds. The first-order valence-corrected chi connectivity index (χ1v) is 8.57. The largest absolute Gasteiger partial charge is 0.474 e. The summed E-state index contributed by atoms with van der Waals surface area (Å²) in [5.74, 6) is 0.662. The normalized spacial score (nSPS) is 25.5. The van der Waals surface area contributed by atoms with Crippen molar-refractivity contribution < 1.29 is 9.47 Å². The Morgan fingerprint density at radius 3 is 2.75 bits per heavy atom. The third kappa shape index (κ3) is 3.07. The number of aromatic nitrogens is 3. The summed E-state index contributed by atoms with van der Waals surface area (Å²) in [6, 6.07) is 4.53. The molecule has 1 saturated carbocycles. The average Bonchev–Trinajstić information content (AvgIpc) is 3.12. The smallest absolute Gasteiger partial charge is 0.237 e. The molecule has 7 heteroatoms. The number of ether oxygens (including phenoxy) is 2. The van der Waals surface area contributed by atoms with Crippen LogP contribution in [-0.2, 0) is 4.74 Å². The molecule has 1 N–H and O–H groups in total. The zero-order valence-corrected chi connectivity index (χ0v) is 13.6. The van der Waals surface area contributed by atoms with Crippen LogP contribution in [-0.4, -0.2) is 58.3 Å². The molecule has 0 radical (unpaired) electrons. The summed E-state index contributed by atoms with van der Waals surface area (Å²) >= 11 is 0. The van der Waals surface area contributed by atoms with Gasteiger partial charge < -0.3 is 14.5 Å². The number of H-pyrrole nitrogens is 1. The third-order valence-electron chi connectivity index (χ3n) is 4.96. The molecule has 1 aliphatic heterocycles. The second-order valence-corrected chi connectivity index (χ2v) is 6.40. The van der Waals surface area contributed by atoms with E-state index in [0.717, 1.165) is 57.4 Å². The van der Waals surface area contributed by atoms with Crippen molar-refractivity contribution in [1.82, 2.24) is 19.9 Å². The van der Waals surface area contributed by atoms with E-state index in [1.54, 1.807) is 6.20 Å². The second-order valence-electron chi connectivity index (χ2n) is 6.40. The van der Waals surface area contributed by atoms with Gasteiger partial charge in [-0.15, -0.1) is 0 Å². The molecule has 0 atom stereocenters. The lowest BCUT2D eigenvalue weighted by Crippen LogP contribution is -2.46. The number of hydrogen-bond acceptors (Lipinski definition) is 6. The quantitative estimate of drug-likeness (QED) is 0.926. The molecule has 1 aliphatic carbocycles. The minimum absolute atomic E-state index is 0.141. The molecule has 126 valence electrons. The predicted octanol–water partition coefficient (Wildman–Crippen LogP) is 1.85. The zero-order chi connectivity index (χ0) is 16.4. The van der Waals surface area contributed by atoms with Crippen molar-refractivity contribution in [3.63, 3.8) is 0 Å². The molecule has 0 unspecified atom stereocenters. The lowest BCUT2D eigenvalue weighted by atomic mass is 9.91. The molecule has 0 bridgehead atoms. The van der Waals surface area contributed by atoms with Gasteiger partial charge >= 0.3 is 0 Å². The first-order valence-electron chi connectivity index (χ1n) is 8.57. The van der Waals surface area contributed by atoms with Crippen LogP contribution in [0.1, 0.15) is 31.5 Å². The molecule has 2 aliphatic rings. The summed E-state index contributed by atoms with van der Waals surface area (Å²) < 4.78 is 11.6. The van der Waals surface area contributed by atoms with E-state index in [1.165, 1.54) is 0 Å². The van der Waals surface area contributed by atoms with Crippen LogP contribution in [0, 0.1) is 11.3 Å². The topological polar surface area (TPSA) is 87.1 Å². The van der Waals surface area contributed by atoms with E-state index in [1.807, 2.05) is 12.1 Å². The third-order valence-corrected chi connectivity index (χ3v) is 4.96. The Kier molecular flexibility index (Phi) is 4.32. The fourth-order valence-electron chi connectivity index (χ4n) is 3.68.